The number of rotatable bonds is 9. The number of carbonyl (C=O) groups is 1. The highest BCUT2D eigenvalue weighted by Gasteiger charge is 2.02. The first-order valence-electron chi connectivity index (χ1n) is 7.84. The number of amides is 1. The third-order valence-electron chi connectivity index (χ3n) is 3.37. The van der Waals surface area contributed by atoms with Gasteiger partial charge in [0.25, 0.3) is 0 Å². The molecule has 0 bridgehead atoms. The summed E-state index contributed by atoms with van der Waals surface area (Å²) in [6, 6.07) is 15.8. The molecular formula is C19H23NO3S. The van der Waals surface area contributed by atoms with Gasteiger partial charge < -0.3 is 14.8 Å². The Labute approximate surface area is 147 Å². The number of hydrogen-bond donors (Lipinski definition) is 1. The first-order chi connectivity index (χ1) is 11.7. The van der Waals surface area contributed by atoms with E-state index in [-0.39, 0.29) is 5.91 Å². The van der Waals surface area contributed by atoms with E-state index in [1.54, 1.807) is 18.9 Å². The maximum atomic E-state index is 11.8. The van der Waals surface area contributed by atoms with Crippen LogP contribution in [0.25, 0.3) is 0 Å². The largest absolute Gasteiger partial charge is 0.497 e. The quantitative estimate of drug-likeness (QED) is 0.707. The molecule has 1 N–H and O–H groups in total. The zero-order chi connectivity index (χ0) is 17.2. The Morgan fingerprint density at radius 1 is 1.04 bits per heavy atom. The second-order valence-electron chi connectivity index (χ2n) is 5.35. The fraction of sp³-hybridized carbons (Fsp3) is 0.316. The van der Waals surface area contributed by atoms with E-state index in [0.717, 1.165) is 17.3 Å². The third kappa shape index (κ3) is 6.54. The van der Waals surface area contributed by atoms with Gasteiger partial charge in [-0.3, -0.25) is 4.79 Å². The van der Waals surface area contributed by atoms with Crippen molar-refractivity contribution in [1.29, 1.82) is 0 Å². The number of aryl methyl sites for hydroxylation is 1. The molecule has 1 amide bonds. The van der Waals surface area contributed by atoms with Crippen molar-refractivity contribution in [3.8, 4) is 11.5 Å². The summed E-state index contributed by atoms with van der Waals surface area (Å²) in [6.07, 6.45) is 0. The summed E-state index contributed by atoms with van der Waals surface area (Å²) >= 11 is 1.61. The number of hydrogen-bond acceptors (Lipinski definition) is 4. The Balaban J connectivity index is 1.56. The molecule has 0 spiro atoms. The second-order valence-corrected chi connectivity index (χ2v) is 6.34. The molecule has 4 nitrogen and oxygen atoms in total. The molecule has 0 aliphatic carbocycles. The molecule has 0 fully saturated rings. The standard InChI is InChI=1S/C19H23NO3S/c1-15-3-5-16(6-4-15)13-24-14-19(21)20-11-12-23-18-9-7-17(22-2)8-10-18/h3-10H,11-14H2,1-2H3,(H,20,21). The fourth-order valence-electron chi connectivity index (χ4n) is 2.03. The molecule has 2 rings (SSSR count). The van der Waals surface area contributed by atoms with Gasteiger partial charge in [0.2, 0.25) is 5.91 Å². The van der Waals surface area contributed by atoms with Crippen LogP contribution in [0.15, 0.2) is 48.5 Å². The molecule has 0 heterocycles. The van der Waals surface area contributed by atoms with Crippen molar-refractivity contribution in [2.45, 2.75) is 12.7 Å². The summed E-state index contributed by atoms with van der Waals surface area (Å²) in [5.41, 5.74) is 2.49. The molecule has 0 saturated carbocycles. The smallest absolute Gasteiger partial charge is 0.230 e. The number of benzene rings is 2. The Hall–Kier alpha value is -2.14. The second kappa shape index (κ2) is 9.88. The average molecular weight is 345 g/mol. The zero-order valence-electron chi connectivity index (χ0n) is 14.1. The SMILES string of the molecule is COc1ccc(OCCNC(=O)CSCc2ccc(C)cc2)cc1. The van der Waals surface area contributed by atoms with Crippen molar-refractivity contribution < 1.29 is 14.3 Å². The van der Waals surface area contributed by atoms with Crippen LogP contribution in [0.4, 0.5) is 0 Å². The van der Waals surface area contributed by atoms with E-state index in [2.05, 4.69) is 36.5 Å². The van der Waals surface area contributed by atoms with E-state index in [1.165, 1.54) is 11.1 Å². The van der Waals surface area contributed by atoms with Gasteiger partial charge in [0.05, 0.1) is 19.4 Å². The zero-order valence-corrected chi connectivity index (χ0v) is 14.9. The lowest BCUT2D eigenvalue weighted by atomic mass is 10.2. The van der Waals surface area contributed by atoms with Crippen molar-refractivity contribution in [1.82, 2.24) is 5.32 Å². The average Bonchev–Trinajstić information content (AvgIpc) is 2.61. The summed E-state index contributed by atoms with van der Waals surface area (Å²) in [6.45, 7) is 3.01. The Morgan fingerprint density at radius 2 is 1.71 bits per heavy atom. The highest BCUT2D eigenvalue weighted by molar-refractivity contribution is 7.99. The van der Waals surface area contributed by atoms with E-state index in [4.69, 9.17) is 9.47 Å². The highest BCUT2D eigenvalue weighted by atomic mass is 32.2. The first kappa shape index (κ1) is 18.2. The molecule has 24 heavy (non-hydrogen) atoms. The van der Waals surface area contributed by atoms with Crippen molar-refractivity contribution >= 4 is 17.7 Å². The van der Waals surface area contributed by atoms with Crippen LogP contribution in [0.1, 0.15) is 11.1 Å². The summed E-state index contributed by atoms with van der Waals surface area (Å²) in [5, 5.41) is 2.86. The molecule has 0 aliphatic rings. The highest BCUT2D eigenvalue weighted by Crippen LogP contribution is 2.16. The first-order valence-corrected chi connectivity index (χ1v) is 8.99. The molecule has 2 aromatic carbocycles. The fourth-order valence-corrected chi connectivity index (χ4v) is 2.85. The van der Waals surface area contributed by atoms with Crippen LogP contribution >= 0.6 is 11.8 Å². The van der Waals surface area contributed by atoms with Crippen LogP contribution in [0.3, 0.4) is 0 Å². The molecule has 0 unspecified atom stereocenters. The van der Waals surface area contributed by atoms with Gasteiger partial charge in [0.15, 0.2) is 0 Å². The van der Waals surface area contributed by atoms with Gasteiger partial charge in [-0.25, -0.2) is 0 Å². The van der Waals surface area contributed by atoms with Crippen molar-refractivity contribution in [2.24, 2.45) is 0 Å². The van der Waals surface area contributed by atoms with Gasteiger partial charge in [-0.05, 0) is 36.8 Å². The van der Waals surface area contributed by atoms with Gasteiger partial charge >= 0.3 is 0 Å². The van der Waals surface area contributed by atoms with Crippen LogP contribution in [0, 0.1) is 6.92 Å². The summed E-state index contributed by atoms with van der Waals surface area (Å²) in [7, 11) is 1.63. The van der Waals surface area contributed by atoms with Crippen LogP contribution in [-0.2, 0) is 10.5 Å². The predicted octanol–water partition coefficient (Wildman–Crippen LogP) is 3.43. The lowest BCUT2D eigenvalue weighted by Crippen LogP contribution is -2.29. The van der Waals surface area contributed by atoms with E-state index >= 15 is 0 Å². The third-order valence-corrected chi connectivity index (χ3v) is 4.38. The minimum atomic E-state index is 0.0328. The van der Waals surface area contributed by atoms with E-state index in [0.29, 0.717) is 18.9 Å². The predicted molar refractivity (Wildman–Crippen MR) is 98.8 cm³/mol. The summed E-state index contributed by atoms with van der Waals surface area (Å²) in [4.78, 5) is 11.8. The van der Waals surface area contributed by atoms with E-state index < -0.39 is 0 Å². The number of methoxy groups -OCH3 is 1. The number of nitrogens with one attached hydrogen (secondary N) is 1. The van der Waals surface area contributed by atoms with Crippen LogP contribution in [-0.4, -0.2) is 31.9 Å². The molecule has 0 radical (unpaired) electrons. The van der Waals surface area contributed by atoms with Crippen molar-refractivity contribution in [3.05, 3.63) is 59.7 Å². The summed E-state index contributed by atoms with van der Waals surface area (Å²) in [5.74, 6) is 2.89. The van der Waals surface area contributed by atoms with Crippen LogP contribution in [0.5, 0.6) is 11.5 Å². The maximum Gasteiger partial charge on any atom is 0.230 e. The normalized spacial score (nSPS) is 10.2. The van der Waals surface area contributed by atoms with Crippen LogP contribution in [0.2, 0.25) is 0 Å². The van der Waals surface area contributed by atoms with Gasteiger partial charge in [-0.1, -0.05) is 29.8 Å². The number of ether oxygens (including phenoxy) is 2. The number of thioether (sulfide) groups is 1. The lowest BCUT2D eigenvalue weighted by Gasteiger charge is -2.08. The Kier molecular flexibility index (Phi) is 7.49. The Bertz CT molecular complexity index is 626. The molecule has 128 valence electrons. The molecule has 0 aliphatic heterocycles. The monoisotopic (exact) mass is 345 g/mol. The minimum absolute atomic E-state index is 0.0328. The van der Waals surface area contributed by atoms with Crippen molar-refractivity contribution in [3.63, 3.8) is 0 Å². The van der Waals surface area contributed by atoms with Gasteiger partial charge in [0.1, 0.15) is 18.1 Å². The summed E-state index contributed by atoms with van der Waals surface area (Å²) < 4.78 is 10.7. The molecule has 5 heteroatoms. The Morgan fingerprint density at radius 3 is 2.38 bits per heavy atom. The molecule has 0 atom stereocenters. The van der Waals surface area contributed by atoms with Gasteiger partial charge in [-0.15, -0.1) is 11.8 Å². The number of carbonyl (C=O) groups excluding carboxylic acids is 1. The van der Waals surface area contributed by atoms with Gasteiger partial charge in [0, 0.05) is 5.75 Å². The minimum Gasteiger partial charge on any atom is -0.497 e. The molecular weight excluding hydrogens is 322 g/mol. The van der Waals surface area contributed by atoms with Crippen molar-refractivity contribution in [2.75, 3.05) is 26.0 Å². The molecule has 0 saturated heterocycles. The van der Waals surface area contributed by atoms with Crippen LogP contribution < -0.4 is 14.8 Å². The lowest BCUT2D eigenvalue weighted by molar-refractivity contribution is -0.118. The maximum absolute atomic E-state index is 11.8. The van der Waals surface area contributed by atoms with E-state index in [1.807, 2.05) is 24.3 Å². The molecule has 0 aromatic heterocycles. The van der Waals surface area contributed by atoms with E-state index in [9.17, 15) is 4.79 Å². The van der Waals surface area contributed by atoms with Gasteiger partial charge in [-0.2, -0.15) is 0 Å². The topological polar surface area (TPSA) is 47.6 Å². The molecule has 2 aromatic rings.